The standard InChI is InChI=1S/C20H28BrN3O2/c1-20(2,3)26-19(25)24(4)17(13-8-6-5-7-9-13)18-22-15-11-10-14(21)12-16(15)23-18/h10-13,17H,5-9H2,1-4H3,(H,22,23)/t17-/m1/s1. The number of aromatic nitrogens is 2. The molecule has 0 radical (unpaired) electrons. The van der Waals surface area contributed by atoms with Gasteiger partial charge < -0.3 is 14.6 Å². The highest BCUT2D eigenvalue weighted by Gasteiger charge is 2.35. The Labute approximate surface area is 163 Å². The summed E-state index contributed by atoms with van der Waals surface area (Å²) in [6.45, 7) is 5.69. The molecule has 0 saturated heterocycles. The minimum absolute atomic E-state index is 0.101. The molecule has 5 nitrogen and oxygen atoms in total. The van der Waals surface area contributed by atoms with E-state index in [1.807, 2.05) is 46.0 Å². The van der Waals surface area contributed by atoms with Crippen LogP contribution in [0.3, 0.4) is 0 Å². The van der Waals surface area contributed by atoms with E-state index in [0.29, 0.717) is 5.92 Å². The number of hydrogen-bond acceptors (Lipinski definition) is 3. The Morgan fingerprint density at radius 3 is 2.65 bits per heavy atom. The van der Waals surface area contributed by atoms with Gasteiger partial charge in [0.1, 0.15) is 11.4 Å². The molecule has 0 unspecified atom stereocenters. The predicted octanol–water partition coefficient (Wildman–Crippen LogP) is 5.81. The van der Waals surface area contributed by atoms with Crippen LogP contribution in [0.15, 0.2) is 22.7 Å². The highest BCUT2D eigenvalue weighted by Crippen LogP contribution is 2.38. The monoisotopic (exact) mass is 421 g/mol. The molecule has 1 fully saturated rings. The average Bonchev–Trinajstić information content (AvgIpc) is 2.96. The van der Waals surface area contributed by atoms with Gasteiger partial charge in [-0.3, -0.25) is 0 Å². The number of imidazole rings is 1. The van der Waals surface area contributed by atoms with E-state index in [1.54, 1.807) is 4.90 Å². The maximum atomic E-state index is 12.7. The van der Waals surface area contributed by atoms with Crippen molar-refractivity contribution in [2.45, 2.75) is 64.5 Å². The summed E-state index contributed by atoms with van der Waals surface area (Å²) >= 11 is 3.50. The number of nitrogens with zero attached hydrogens (tertiary/aromatic N) is 2. The van der Waals surface area contributed by atoms with Gasteiger partial charge in [0, 0.05) is 11.5 Å². The van der Waals surface area contributed by atoms with Crippen molar-refractivity contribution in [3.63, 3.8) is 0 Å². The maximum absolute atomic E-state index is 12.7. The van der Waals surface area contributed by atoms with E-state index in [1.165, 1.54) is 19.3 Å². The van der Waals surface area contributed by atoms with Crippen molar-refractivity contribution < 1.29 is 9.53 Å². The molecular formula is C20H28BrN3O2. The minimum Gasteiger partial charge on any atom is -0.444 e. The summed E-state index contributed by atoms with van der Waals surface area (Å²) in [6, 6.07) is 5.91. The van der Waals surface area contributed by atoms with Crippen molar-refractivity contribution in [2.24, 2.45) is 5.92 Å². The molecule has 3 rings (SSSR count). The van der Waals surface area contributed by atoms with Gasteiger partial charge >= 0.3 is 6.09 Å². The van der Waals surface area contributed by atoms with Gasteiger partial charge in [0.05, 0.1) is 17.1 Å². The van der Waals surface area contributed by atoms with Crippen molar-refractivity contribution in [3.05, 3.63) is 28.5 Å². The van der Waals surface area contributed by atoms with E-state index >= 15 is 0 Å². The second kappa shape index (κ2) is 7.59. The fraction of sp³-hybridized carbons (Fsp3) is 0.600. The van der Waals surface area contributed by atoms with Crippen LogP contribution >= 0.6 is 15.9 Å². The molecule has 1 aliphatic rings. The minimum atomic E-state index is -0.513. The van der Waals surface area contributed by atoms with Crippen LogP contribution in [0.1, 0.15) is 64.7 Å². The summed E-state index contributed by atoms with van der Waals surface area (Å²) in [6.07, 6.45) is 5.60. The summed E-state index contributed by atoms with van der Waals surface area (Å²) in [5.41, 5.74) is 1.38. The van der Waals surface area contributed by atoms with Crippen LogP contribution in [-0.4, -0.2) is 33.6 Å². The normalized spacial score (nSPS) is 17.3. The average molecular weight is 422 g/mol. The van der Waals surface area contributed by atoms with E-state index in [2.05, 4.69) is 20.9 Å². The van der Waals surface area contributed by atoms with Crippen molar-refractivity contribution in [1.82, 2.24) is 14.9 Å². The second-order valence-corrected chi connectivity index (χ2v) is 9.13. The number of nitrogens with one attached hydrogen (secondary N) is 1. The fourth-order valence-corrected chi connectivity index (χ4v) is 4.11. The molecule has 1 aromatic heterocycles. The van der Waals surface area contributed by atoms with E-state index in [-0.39, 0.29) is 12.1 Å². The van der Waals surface area contributed by atoms with E-state index < -0.39 is 5.60 Å². The van der Waals surface area contributed by atoms with Crippen molar-refractivity contribution >= 4 is 33.1 Å². The molecule has 1 N–H and O–H groups in total. The second-order valence-electron chi connectivity index (χ2n) is 8.22. The lowest BCUT2D eigenvalue weighted by Gasteiger charge is -2.36. The van der Waals surface area contributed by atoms with Crippen LogP contribution in [0, 0.1) is 5.92 Å². The first-order chi connectivity index (χ1) is 12.2. The molecule has 1 saturated carbocycles. The third-order valence-electron chi connectivity index (χ3n) is 4.94. The maximum Gasteiger partial charge on any atom is 0.410 e. The molecule has 0 bridgehead atoms. The Morgan fingerprint density at radius 2 is 2.00 bits per heavy atom. The first-order valence-electron chi connectivity index (χ1n) is 9.35. The molecule has 1 aliphatic carbocycles. The zero-order valence-corrected chi connectivity index (χ0v) is 17.6. The Balaban J connectivity index is 1.94. The number of ether oxygens (including phenoxy) is 1. The fourth-order valence-electron chi connectivity index (χ4n) is 3.76. The highest BCUT2D eigenvalue weighted by atomic mass is 79.9. The van der Waals surface area contributed by atoms with Gasteiger partial charge in [-0.15, -0.1) is 0 Å². The van der Waals surface area contributed by atoms with Gasteiger partial charge in [0.15, 0.2) is 0 Å². The number of fused-ring (bicyclic) bond motifs is 1. The lowest BCUT2D eigenvalue weighted by Crippen LogP contribution is -2.40. The van der Waals surface area contributed by atoms with E-state index in [4.69, 9.17) is 9.72 Å². The molecule has 1 heterocycles. The van der Waals surface area contributed by atoms with Gasteiger partial charge in [-0.05, 0) is 57.7 Å². The summed E-state index contributed by atoms with van der Waals surface area (Å²) in [5.74, 6) is 1.24. The largest absolute Gasteiger partial charge is 0.444 e. The third kappa shape index (κ3) is 4.40. The number of carbonyl (C=O) groups excluding carboxylic acids is 1. The van der Waals surface area contributed by atoms with Gasteiger partial charge in [-0.1, -0.05) is 35.2 Å². The Kier molecular flexibility index (Phi) is 5.61. The number of benzene rings is 1. The zero-order chi connectivity index (χ0) is 18.9. The molecule has 1 aromatic carbocycles. The summed E-state index contributed by atoms with van der Waals surface area (Å²) in [5, 5.41) is 0. The van der Waals surface area contributed by atoms with Crippen LogP contribution < -0.4 is 0 Å². The number of hydrogen-bond donors (Lipinski definition) is 1. The van der Waals surface area contributed by atoms with Gasteiger partial charge in [0.2, 0.25) is 0 Å². The van der Waals surface area contributed by atoms with Crippen molar-refractivity contribution in [1.29, 1.82) is 0 Å². The first-order valence-corrected chi connectivity index (χ1v) is 10.1. The first kappa shape index (κ1) is 19.2. The number of rotatable bonds is 3. The molecular weight excluding hydrogens is 394 g/mol. The van der Waals surface area contributed by atoms with E-state index in [0.717, 1.165) is 34.2 Å². The molecule has 0 aliphatic heterocycles. The topological polar surface area (TPSA) is 58.2 Å². The lowest BCUT2D eigenvalue weighted by molar-refractivity contribution is 0.0125. The number of H-pyrrole nitrogens is 1. The summed E-state index contributed by atoms with van der Waals surface area (Å²) < 4.78 is 6.62. The summed E-state index contributed by atoms with van der Waals surface area (Å²) in [7, 11) is 1.83. The smallest absolute Gasteiger partial charge is 0.410 e. The highest BCUT2D eigenvalue weighted by molar-refractivity contribution is 9.10. The van der Waals surface area contributed by atoms with Crippen molar-refractivity contribution in [3.8, 4) is 0 Å². The van der Waals surface area contributed by atoms with Crippen LogP contribution in [0.5, 0.6) is 0 Å². The molecule has 1 amide bonds. The number of aromatic amines is 1. The Hall–Kier alpha value is -1.56. The van der Waals surface area contributed by atoms with Gasteiger partial charge in [-0.2, -0.15) is 0 Å². The molecule has 142 valence electrons. The number of amides is 1. The molecule has 6 heteroatoms. The molecule has 2 aromatic rings. The quantitative estimate of drug-likeness (QED) is 0.679. The Morgan fingerprint density at radius 1 is 1.31 bits per heavy atom. The zero-order valence-electron chi connectivity index (χ0n) is 16.0. The van der Waals surface area contributed by atoms with Crippen LogP contribution in [0.25, 0.3) is 11.0 Å². The van der Waals surface area contributed by atoms with Crippen LogP contribution in [-0.2, 0) is 4.74 Å². The third-order valence-corrected chi connectivity index (χ3v) is 5.43. The number of carbonyl (C=O) groups is 1. The molecule has 1 atom stereocenters. The van der Waals surface area contributed by atoms with Crippen molar-refractivity contribution in [2.75, 3.05) is 7.05 Å². The van der Waals surface area contributed by atoms with Gasteiger partial charge in [-0.25, -0.2) is 9.78 Å². The van der Waals surface area contributed by atoms with Crippen LogP contribution in [0.2, 0.25) is 0 Å². The van der Waals surface area contributed by atoms with Gasteiger partial charge in [0.25, 0.3) is 0 Å². The molecule has 0 spiro atoms. The number of halogens is 1. The molecule has 26 heavy (non-hydrogen) atoms. The predicted molar refractivity (Wildman–Crippen MR) is 107 cm³/mol. The summed E-state index contributed by atoms with van der Waals surface area (Å²) in [4.78, 5) is 22.7. The lowest BCUT2D eigenvalue weighted by atomic mass is 9.83. The van der Waals surface area contributed by atoms with Crippen LogP contribution in [0.4, 0.5) is 4.79 Å². The Bertz CT molecular complexity index is 775. The van der Waals surface area contributed by atoms with E-state index in [9.17, 15) is 4.79 Å². The SMILES string of the molecule is CN(C(=O)OC(C)(C)C)[C@@H](c1nc2cc(Br)ccc2[nH]1)C1CCCCC1.